The summed E-state index contributed by atoms with van der Waals surface area (Å²) in [4.78, 5) is 12.6. The molecule has 7 heteroatoms. The normalized spacial score (nSPS) is 18.8. The van der Waals surface area contributed by atoms with Crippen molar-refractivity contribution in [3.8, 4) is 22.8 Å². The summed E-state index contributed by atoms with van der Waals surface area (Å²) in [5, 5.41) is 6.86. The minimum atomic E-state index is -0.211. The van der Waals surface area contributed by atoms with Crippen LogP contribution in [-0.2, 0) is 4.74 Å². The average Bonchev–Trinajstić information content (AvgIpc) is 3.32. The number of aryl methyl sites for hydroxylation is 1. The van der Waals surface area contributed by atoms with E-state index in [2.05, 4.69) is 10.5 Å². The third-order valence-electron chi connectivity index (χ3n) is 4.24. The average molecular weight is 330 g/mol. The van der Waals surface area contributed by atoms with Crippen molar-refractivity contribution in [1.29, 1.82) is 0 Å². The molecule has 2 aromatic rings. The van der Waals surface area contributed by atoms with Gasteiger partial charge < -0.3 is 24.1 Å². The Balaban J connectivity index is 1.57. The largest absolute Gasteiger partial charge is 0.454 e. The topological polar surface area (TPSA) is 82.8 Å². The van der Waals surface area contributed by atoms with Crippen LogP contribution in [0.1, 0.15) is 28.9 Å². The van der Waals surface area contributed by atoms with Crippen molar-refractivity contribution in [1.82, 2.24) is 10.5 Å². The number of hydrogen-bond donors (Lipinski definition) is 1. The Labute approximate surface area is 138 Å². The molecular formula is C17H18N2O5. The Kier molecular flexibility index (Phi) is 3.86. The lowest BCUT2D eigenvalue weighted by Gasteiger charge is -2.11. The lowest BCUT2D eigenvalue weighted by molar-refractivity contribution is 0.0857. The first-order chi connectivity index (χ1) is 11.7. The molecule has 126 valence electrons. The summed E-state index contributed by atoms with van der Waals surface area (Å²) < 4.78 is 21.6. The van der Waals surface area contributed by atoms with E-state index in [1.165, 1.54) is 0 Å². The van der Waals surface area contributed by atoms with Gasteiger partial charge in [-0.2, -0.15) is 0 Å². The van der Waals surface area contributed by atoms with Gasteiger partial charge in [-0.15, -0.1) is 0 Å². The van der Waals surface area contributed by atoms with Crippen LogP contribution in [-0.4, -0.2) is 37.1 Å². The maximum absolute atomic E-state index is 12.6. The molecule has 0 saturated carbocycles. The summed E-state index contributed by atoms with van der Waals surface area (Å²) >= 11 is 0. The van der Waals surface area contributed by atoms with Crippen molar-refractivity contribution in [2.75, 3.05) is 19.9 Å². The molecule has 2 aliphatic heterocycles. The van der Waals surface area contributed by atoms with Crippen LogP contribution in [0.15, 0.2) is 22.7 Å². The zero-order chi connectivity index (χ0) is 16.5. The molecule has 1 N–H and O–H groups in total. The highest BCUT2D eigenvalue weighted by Gasteiger charge is 2.25. The first-order valence-corrected chi connectivity index (χ1v) is 7.98. The van der Waals surface area contributed by atoms with E-state index in [4.69, 9.17) is 18.7 Å². The second kappa shape index (κ2) is 6.16. The molecule has 0 aliphatic carbocycles. The molecule has 1 amide bonds. The van der Waals surface area contributed by atoms with Gasteiger partial charge in [0.1, 0.15) is 5.56 Å². The van der Waals surface area contributed by atoms with Gasteiger partial charge in [-0.05, 0) is 38.0 Å². The predicted octanol–water partition coefficient (Wildman–Crippen LogP) is 2.29. The Morgan fingerprint density at radius 3 is 3.04 bits per heavy atom. The third kappa shape index (κ3) is 2.71. The molecular weight excluding hydrogens is 312 g/mol. The summed E-state index contributed by atoms with van der Waals surface area (Å²) in [6.45, 7) is 3.20. The molecule has 1 saturated heterocycles. The van der Waals surface area contributed by atoms with Crippen molar-refractivity contribution in [2.24, 2.45) is 0 Å². The van der Waals surface area contributed by atoms with Crippen LogP contribution in [0.25, 0.3) is 11.3 Å². The summed E-state index contributed by atoms with van der Waals surface area (Å²) in [6, 6.07) is 5.41. The molecule has 1 aromatic heterocycles. The molecule has 1 fully saturated rings. The van der Waals surface area contributed by atoms with Crippen LogP contribution in [0.5, 0.6) is 11.5 Å². The number of aromatic nitrogens is 1. The van der Waals surface area contributed by atoms with E-state index in [9.17, 15) is 4.79 Å². The Morgan fingerprint density at radius 1 is 1.33 bits per heavy atom. The molecule has 7 nitrogen and oxygen atoms in total. The Hall–Kier alpha value is -2.54. The number of rotatable bonds is 4. The van der Waals surface area contributed by atoms with Gasteiger partial charge >= 0.3 is 0 Å². The van der Waals surface area contributed by atoms with Crippen LogP contribution >= 0.6 is 0 Å². The second-order valence-electron chi connectivity index (χ2n) is 5.89. The van der Waals surface area contributed by atoms with Crippen molar-refractivity contribution in [2.45, 2.75) is 25.9 Å². The third-order valence-corrected chi connectivity index (χ3v) is 4.24. The number of fused-ring (bicyclic) bond motifs is 1. The molecule has 0 unspecified atom stereocenters. The van der Waals surface area contributed by atoms with E-state index in [1.54, 1.807) is 19.1 Å². The summed E-state index contributed by atoms with van der Waals surface area (Å²) in [5.41, 5.74) is 1.71. The highest BCUT2D eigenvalue weighted by Crippen LogP contribution is 2.37. The Morgan fingerprint density at radius 2 is 2.21 bits per heavy atom. The molecule has 2 aliphatic rings. The van der Waals surface area contributed by atoms with Crippen LogP contribution in [0, 0.1) is 6.92 Å². The molecule has 4 rings (SSSR count). The highest BCUT2D eigenvalue weighted by atomic mass is 16.7. The number of nitrogens with one attached hydrogen (secondary N) is 1. The zero-order valence-electron chi connectivity index (χ0n) is 13.3. The first kappa shape index (κ1) is 15.0. The minimum Gasteiger partial charge on any atom is -0.454 e. The molecule has 0 spiro atoms. The van der Waals surface area contributed by atoms with Crippen molar-refractivity contribution in [3.63, 3.8) is 0 Å². The lowest BCUT2D eigenvalue weighted by atomic mass is 10.1. The van der Waals surface area contributed by atoms with Crippen LogP contribution in [0.3, 0.4) is 0 Å². The monoisotopic (exact) mass is 330 g/mol. The van der Waals surface area contributed by atoms with Gasteiger partial charge in [-0.3, -0.25) is 4.79 Å². The first-order valence-electron chi connectivity index (χ1n) is 7.98. The maximum atomic E-state index is 12.6. The van der Waals surface area contributed by atoms with E-state index in [1.807, 2.05) is 6.07 Å². The molecule has 0 bridgehead atoms. The predicted molar refractivity (Wildman–Crippen MR) is 84.1 cm³/mol. The summed E-state index contributed by atoms with van der Waals surface area (Å²) in [6.07, 6.45) is 2.09. The number of amides is 1. The van der Waals surface area contributed by atoms with Crippen LogP contribution in [0.4, 0.5) is 0 Å². The van der Waals surface area contributed by atoms with E-state index in [0.717, 1.165) is 25.0 Å². The number of carbonyl (C=O) groups excluding carboxylic acids is 1. The molecule has 1 atom stereocenters. The fourth-order valence-corrected chi connectivity index (χ4v) is 2.97. The molecule has 1 aromatic carbocycles. The minimum absolute atomic E-state index is 0.0862. The Bertz CT molecular complexity index is 764. The standard InChI is InChI=1S/C17H18N2O5/c1-10-15(17(20)18-8-12-3-2-6-21-12)16(24-19-10)11-4-5-13-14(7-11)23-9-22-13/h4-5,7,12H,2-3,6,8-9H2,1H3,(H,18,20)/t12-/m1/s1. The quantitative estimate of drug-likeness (QED) is 0.926. The van der Waals surface area contributed by atoms with E-state index in [-0.39, 0.29) is 18.8 Å². The smallest absolute Gasteiger partial charge is 0.257 e. The second-order valence-corrected chi connectivity index (χ2v) is 5.89. The molecule has 3 heterocycles. The fourth-order valence-electron chi connectivity index (χ4n) is 2.97. The number of hydrogen-bond acceptors (Lipinski definition) is 6. The zero-order valence-corrected chi connectivity index (χ0v) is 13.3. The fraction of sp³-hybridized carbons (Fsp3) is 0.412. The van der Waals surface area contributed by atoms with Gasteiger partial charge in [0, 0.05) is 18.7 Å². The highest BCUT2D eigenvalue weighted by molar-refractivity contribution is 6.00. The number of benzene rings is 1. The van der Waals surface area contributed by atoms with Gasteiger partial charge in [0.25, 0.3) is 5.91 Å². The van der Waals surface area contributed by atoms with Gasteiger partial charge in [0.2, 0.25) is 6.79 Å². The van der Waals surface area contributed by atoms with E-state index >= 15 is 0 Å². The maximum Gasteiger partial charge on any atom is 0.257 e. The van der Waals surface area contributed by atoms with Crippen molar-refractivity contribution in [3.05, 3.63) is 29.5 Å². The summed E-state index contributed by atoms with van der Waals surface area (Å²) in [5.74, 6) is 1.53. The van der Waals surface area contributed by atoms with Gasteiger partial charge in [0.05, 0.1) is 11.8 Å². The summed E-state index contributed by atoms with van der Waals surface area (Å²) in [7, 11) is 0. The number of nitrogens with zero attached hydrogens (tertiary/aromatic N) is 1. The van der Waals surface area contributed by atoms with Gasteiger partial charge in [0.15, 0.2) is 17.3 Å². The van der Waals surface area contributed by atoms with E-state index in [0.29, 0.717) is 35.1 Å². The SMILES string of the molecule is Cc1noc(-c2ccc3c(c2)OCO3)c1C(=O)NC[C@H]1CCCO1. The molecule has 24 heavy (non-hydrogen) atoms. The van der Waals surface area contributed by atoms with Crippen molar-refractivity contribution >= 4 is 5.91 Å². The lowest BCUT2D eigenvalue weighted by Crippen LogP contribution is -2.32. The molecule has 0 radical (unpaired) electrons. The number of ether oxygens (including phenoxy) is 3. The van der Waals surface area contributed by atoms with Crippen LogP contribution in [0.2, 0.25) is 0 Å². The van der Waals surface area contributed by atoms with Gasteiger partial charge in [-0.1, -0.05) is 5.16 Å². The van der Waals surface area contributed by atoms with E-state index < -0.39 is 0 Å². The van der Waals surface area contributed by atoms with Crippen LogP contribution < -0.4 is 14.8 Å². The van der Waals surface area contributed by atoms with Crippen molar-refractivity contribution < 1.29 is 23.5 Å². The van der Waals surface area contributed by atoms with Gasteiger partial charge in [-0.25, -0.2) is 0 Å². The number of carbonyl (C=O) groups is 1.